The SMILES string of the molecule is Cc1ccc(CN(C)Cc2ccc(F)cc2B(O)O)cc1. The van der Waals surface area contributed by atoms with Crippen molar-refractivity contribution in [3.63, 3.8) is 0 Å². The van der Waals surface area contributed by atoms with Crippen molar-refractivity contribution >= 4 is 12.6 Å². The number of aryl methyl sites for hydroxylation is 1. The smallest absolute Gasteiger partial charge is 0.423 e. The minimum Gasteiger partial charge on any atom is -0.423 e. The van der Waals surface area contributed by atoms with Gasteiger partial charge in [-0.3, -0.25) is 4.90 Å². The minimum atomic E-state index is -1.66. The van der Waals surface area contributed by atoms with E-state index in [4.69, 9.17) is 0 Å². The van der Waals surface area contributed by atoms with Crippen molar-refractivity contribution in [3.8, 4) is 0 Å². The third-order valence-corrected chi connectivity index (χ3v) is 3.40. The Morgan fingerprint density at radius 2 is 1.71 bits per heavy atom. The van der Waals surface area contributed by atoms with Gasteiger partial charge < -0.3 is 10.0 Å². The summed E-state index contributed by atoms with van der Waals surface area (Å²) in [5, 5.41) is 18.7. The van der Waals surface area contributed by atoms with Crippen LogP contribution in [0.2, 0.25) is 0 Å². The molecule has 0 saturated heterocycles. The lowest BCUT2D eigenvalue weighted by Crippen LogP contribution is -2.35. The van der Waals surface area contributed by atoms with Gasteiger partial charge in [-0.1, -0.05) is 35.9 Å². The molecule has 2 N–H and O–H groups in total. The number of rotatable bonds is 5. The molecule has 0 aliphatic heterocycles. The lowest BCUT2D eigenvalue weighted by molar-refractivity contribution is 0.319. The maximum atomic E-state index is 13.2. The van der Waals surface area contributed by atoms with E-state index < -0.39 is 12.9 Å². The molecule has 110 valence electrons. The normalized spacial score (nSPS) is 11.0. The van der Waals surface area contributed by atoms with Crippen LogP contribution in [0.25, 0.3) is 0 Å². The molecule has 0 aliphatic rings. The van der Waals surface area contributed by atoms with Crippen LogP contribution in [0.5, 0.6) is 0 Å². The van der Waals surface area contributed by atoms with Crippen LogP contribution in [0.3, 0.4) is 0 Å². The largest absolute Gasteiger partial charge is 0.488 e. The van der Waals surface area contributed by atoms with Crippen molar-refractivity contribution in [2.45, 2.75) is 20.0 Å². The van der Waals surface area contributed by atoms with Gasteiger partial charge in [0.1, 0.15) is 5.82 Å². The van der Waals surface area contributed by atoms with Crippen molar-refractivity contribution in [1.29, 1.82) is 0 Å². The molecule has 0 saturated carbocycles. The van der Waals surface area contributed by atoms with Gasteiger partial charge in [0.05, 0.1) is 0 Å². The Labute approximate surface area is 124 Å². The quantitative estimate of drug-likeness (QED) is 0.818. The average molecular weight is 287 g/mol. The van der Waals surface area contributed by atoms with Crippen molar-refractivity contribution in [2.75, 3.05) is 7.05 Å². The van der Waals surface area contributed by atoms with Gasteiger partial charge in [-0.25, -0.2) is 4.39 Å². The van der Waals surface area contributed by atoms with E-state index in [-0.39, 0.29) is 5.46 Å². The first-order valence-electron chi connectivity index (χ1n) is 6.84. The van der Waals surface area contributed by atoms with Crippen LogP contribution < -0.4 is 5.46 Å². The van der Waals surface area contributed by atoms with E-state index in [2.05, 4.69) is 24.3 Å². The van der Waals surface area contributed by atoms with Crippen molar-refractivity contribution in [3.05, 3.63) is 65.0 Å². The molecule has 0 atom stereocenters. The molecule has 0 bridgehead atoms. The highest BCUT2D eigenvalue weighted by Gasteiger charge is 2.17. The Bertz CT molecular complexity index is 602. The van der Waals surface area contributed by atoms with Crippen LogP contribution >= 0.6 is 0 Å². The fourth-order valence-corrected chi connectivity index (χ4v) is 2.30. The zero-order chi connectivity index (χ0) is 15.4. The summed E-state index contributed by atoms with van der Waals surface area (Å²) in [5.74, 6) is -0.469. The standard InChI is InChI=1S/C16H19BFNO2/c1-12-3-5-13(6-4-12)10-19(2)11-14-7-8-15(18)9-16(14)17(20)21/h3-9,20-21H,10-11H2,1-2H3. The Balaban J connectivity index is 2.09. The van der Waals surface area contributed by atoms with Gasteiger partial charge in [0, 0.05) is 13.1 Å². The maximum Gasteiger partial charge on any atom is 0.488 e. The van der Waals surface area contributed by atoms with Gasteiger partial charge in [0.2, 0.25) is 0 Å². The molecular formula is C16H19BFNO2. The second-order valence-corrected chi connectivity index (χ2v) is 5.37. The highest BCUT2D eigenvalue weighted by molar-refractivity contribution is 6.59. The summed E-state index contributed by atoms with van der Waals surface area (Å²) in [6.45, 7) is 3.29. The first-order valence-corrected chi connectivity index (χ1v) is 6.84. The Hall–Kier alpha value is -1.69. The molecule has 2 aromatic carbocycles. The number of benzene rings is 2. The maximum absolute atomic E-state index is 13.2. The molecule has 5 heteroatoms. The van der Waals surface area contributed by atoms with Gasteiger partial charge in [-0.15, -0.1) is 0 Å². The number of halogens is 1. The summed E-state index contributed by atoms with van der Waals surface area (Å²) in [4.78, 5) is 2.05. The number of hydrogen-bond acceptors (Lipinski definition) is 3. The van der Waals surface area contributed by atoms with E-state index in [0.29, 0.717) is 12.1 Å². The molecule has 2 rings (SSSR count). The summed E-state index contributed by atoms with van der Waals surface area (Å²) in [6.07, 6.45) is 0. The van der Waals surface area contributed by atoms with Gasteiger partial charge in [0.15, 0.2) is 0 Å². The fourth-order valence-electron chi connectivity index (χ4n) is 2.30. The lowest BCUT2D eigenvalue weighted by Gasteiger charge is -2.19. The van der Waals surface area contributed by atoms with Crippen LogP contribution in [-0.4, -0.2) is 29.1 Å². The van der Waals surface area contributed by atoms with Gasteiger partial charge in [0.25, 0.3) is 0 Å². The van der Waals surface area contributed by atoms with Crippen LogP contribution in [-0.2, 0) is 13.1 Å². The third kappa shape index (κ3) is 4.39. The van der Waals surface area contributed by atoms with E-state index in [0.717, 1.165) is 6.54 Å². The van der Waals surface area contributed by atoms with Gasteiger partial charge in [-0.2, -0.15) is 0 Å². The van der Waals surface area contributed by atoms with Crippen LogP contribution in [0, 0.1) is 12.7 Å². The highest BCUT2D eigenvalue weighted by atomic mass is 19.1. The van der Waals surface area contributed by atoms with E-state index in [9.17, 15) is 14.4 Å². The lowest BCUT2D eigenvalue weighted by atomic mass is 9.77. The zero-order valence-electron chi connectivity index (χ0n) is 12.3. The van der Waals surface area contributed by atoms with Crippen molar-refractivity contribution in [1.82, 2.24) is 4.90 Å². The highest BCUT2D eigenvalue weighted by Crippen LogP contribution is 2.09. The summed E-state index contributed by atoms with van der Waals surface area (Å²) in [5.41, 5.74) is 3.31. The van der Waals surface area contributed by atoms with Gasteiger partial charge >= 0.3 is 7.12 Å². The van der Waals surface area contributed by atoms with E-state index in [1.807, 2.05) is 18.9 Å². The van der Waals surface area contributed by atoms with Crippen molar-refractivity contribution in [2.24, 2.45) is 0 Å². The number of nitrogens with zero attached hydrogens (tertiary/aromatic N) is 1. The summed E-state index contributed by atoms with van der Waals surface area (Å²) < 4.78 is 13.2. The second-order valence-electron chi connectivity index (χ2n) is 5.37. The van der Waals surface area contributed by atoms with Crippen molar-refractivity contribution < 1.29 is 14.4 Å². The molecule has 0 aromatic heterocycles. The molecule has 3 nitrogen and oxygen atoms in total. The van der Waals surface area contributed by atoms with Crippen LogP contribution in [0.4, 0.5) is 4.39 Å². The van der Waals surface area contributed by atoms with Crippen LogP contribution in [0.15, 0.2) is 42.5 Å². The van der Waals surface area contributed by atoms with E-state index in [1.54, 1.807) is 6.07 Å². The second kappa shape index (κ2) is 6.85. The molecule has 0 radical (unpaired) electrons. The third-order valence-electron chi connectivity index (χ3n) is 3.40. The van der Waals surface area contributed by atoms with E-state index in [1.165, 1.54) is 23.3 Å². The summed E-state index contributed by atoms with van der Waals surface area (Å²) in [6, 6.07) is 12.3. The molecule has 0 spiro atoms. The zero-order valence-corrected chi connectivity index (χ0v) is 12.3. The first kappa shape index (κ1) is 15.7. The molecule has 2 aromatic rings. The predicted octanol–water partition coefficient (Wildman–Crippen LogP) is 1.45. The molecule has 0 unspecified atom stereocenters. The average Bonchev–Trinajstić information content (AvgIpc) is 2.43. The van der Waals surface area contributed by atoms with Gasteiger partial charge in [-0.05, 0) is 42.7 Å². The monoisotopic (exact) mass is 287 g/mol. The van der Waals surface area contributed by atoms with E-state index >= 15 is 0 Å². The molecule has 0 heterocycles. The molecular weight excluding hydrogens is 268 g/mol. The van der Waals surface area contributed by atoms with Crippen LogP contribution in [0.1, 0.15) is 16.7 Å². The fraction of sp³-hybridized carbons (Fsp3) is 0.250. The predicted molar refractivity (Wildman–Crippen MR) is 82.6 cm³/mol. The summed E-state index contributed by atoms with van der Waals surface area (Å²) >= 11 is 0. The minimum absolute atomic E-state index is 0.214. The Morgan fingerprint density at radius 1 is 1.05 bits per heavy atom. The molecule has 0 amide bonds. The topological polar surface area (TPSA) is 43.7 Å². The number of hydrogen-bond donors (Lipinski definition) is 2. The molecule has 0 fully saturated rings. The molecule has 21 heavy (non-hydrogen) atoms. The Morgan fingerprint density at radius 3 is 2.33 bits per heavy atom. The molecule has 0 aliphatic carbocycles. The summed E-state index contributed by atoms with van der Waals surface area (Å²) in [7, 11) is 0.278. The Kier molecular flexibility index (Phi) is 5.12. The first-order chi connectivity index (χ1) is 9.95.